The monoisotopic (exact) mass is 427 g/mol. The van der Waals surface area contributed by atoms with E-state index < -0.39 is 0 Å². The summed E-state index contributed by atoms with van der Waals surface area (Å²) in [7, 11) is 0. The number of amides is 1. The smallest absolute Gasteiger partial charge is 0.226 e. The van der Waals surface area contributed by atoms with Crippen LogP contribution in [0.5, 0.6) is 0 Å². The standard InChI is InChI=1S/C25H37N3OS/c1-17-13-18(2)15-19(14-17)26-22(30)27-10-7-25(8-11-27)9-12-28(16-25)21(29)20-23(3,4)24(20,5)6/h13-15,20H,7-12,16H2,1-6H3,(H,26,30). The maximum atomic E-state index is 13.2. The van der Waals surface area contributed by atoms with Gasteiger partial charge in [-0.1, -0.05) is 33.8 Å². The van der Waals surface area contributed by atoms with Gasteiger partial charge in [0, 0.05) is 37.8 Å². The zero-order valence-corrected chi connectivity index (χ0v) is 20.3. The molecule has 1 spiro atoms. The largest absolute Gasteiger partial charge is 0.349 e. The molecule has 2 saturated heterocycles. The third-order valence-corrected chi connectivity index (χ3v) is 8.96. The Morgan fingerprint density at radius 3 is 1.93 bits per heavy atom. The van der Waals surface area contributed by atoms with E-state index in [4.69, 9.17) is 12.2 Å². The van der Waals surface area contributed by atoms with Gasteiger partial charge in [-0.15, -0.1) is 0 Å². The van der Waals surface area contributed by atoms with Crippen LogP contribution in [0.1, 0.15) is 58.1 Å². The molecule has 3 fully saturated rings. The third-order valence-electron chi connectivity index (χ3n) is 8.60. The molecule has 1 aliphatic carbocycles. The number of likely N-dealkylation sites (tertiary alicyclic amines) is 2. The van der Waals surface area contributed by atoms with Crippen molar-refractivity contribution < 1.29 is 4.79 Å². The van der Waals surface area contributed by atoms with Gasteiger partial charge >= 0.3 is 0 Å². The van der Waals surface area contributed by atoms with Crippen molar-refractivity contribution in [3.63, 3.8) is 0 Å². The Morgan fingerprint density at radius 2 is 1.43 bits per heavy atom. The summed E-state index contributed by atoms with van der Waals surface area (Å²) in [5.41, 5.74) is 4.09. The zero-order valence-electron chi connectivity index (χ0n) is 19.5. The van der Waals surface area contributed by atoms with Gasteiger partial charge in [0.2, 0.25) is 5.91 Å². The predicted octanol–water partition coefficient (Wildman–Crippen LogP) is 5.00. The fraction of sp³-hybridized carbons (Fsp3) is 0.680. The molecule has 1 saturated carbocycles. The highest BCUT2D eigenvalue weighted by Gasteiger charge is 2.69. The van der Waals surface area contributed by atoms with Crippen LogP contribution in [-0.2, 0) is 4.79 Å². The molecule has 3 aliphatic rings. The number of hydrogen-bond acceptors (Lipinski definition) is 2. The number of aryl methyl sites for hydroxylation is 2. The van der Waals surface area contributed by atoms with Crippen molar-refractivity contribution in [3.05, 3.63) is 29.3 Å². The van der Waals surface area contributed by atoms with Crippen LogP contribution in [0.2, 0.25) is 0 Å². The second-order valence-corrected chi connectivity index (χ2v) is 11.6. The molecule has 1 N–H and O–H groups in total. The molecule has 4 nitrogen and oxygen atoms in total. The van der Waals surface area contributed by atoms with Gasteiger partial charge in [0.05, 0.1) is 0 Å². The van der Waals surface area contributed by atoms with Crippen molar-refractivity contribution in [1.82, 2.24) is 9.80 Å². The van der Waals surface area contributed by atoms with Crippen LogP contribution in [0.25, 0.3) is 0 Å². The number of benzene rings is 1. The van der Waals surface area contributed by atoms with Gasteiger partial charge in [0.1, 0.15) is 0 Å². The summed E-state index contributed by atoms with van der Waals surface area (Å²) >= 11 is 5.71. The summed E-state index contributed by atoms with van der Waals surface area (Å²) in [5, 5.41) is 4.25. The molecule has 164 valence electrons. The molecule has 4 rings (SSSR count). The molecule has 2 heterocycles. The Morgan fingerprint density at radius 1 is 0.933 bits per heavy atom. The third kappa shape index (κ3) is 3.63. The van der Waals surface area contributed by atoms with Gasteiger partial charge < -0.3 is 15.1 Å². The summed E-state index contributed by atoms with van der Waals surface area (Å²) in [5.74, 6) is 0.561. The number of carbonyl (C=O) groups excluding carboxylic acids is 1. The van der Waals surface area contributed by atoms with Gasteiger partial charge in [0.25, 0.3) is 0 Å². The first kappa shape index (κ1) is 21.6. The van der Waals surface area contributed by atoms with Crippen molar-refractivity contribution in [2.24, 2.45) is 22.2 Å². The summed E-state index contributed by atoms with van der Waals surface area (Å²) in [6.45, 7) is 17.0. The Balaban J connectivity index is 1.32. The molecule has 0 radical (unpaired) electrons. The van der Waals surface area contributed by atoms with Crippen LogP contribution in [0, 0.1) is 36.0 Å². The molecule has 2 aliphatic heterocycles. The Labute approximate surface area is 187 Å². The van der Waals surface area contributed by atoms with E-state index in [1.807, 2.05) is 0 Å². The normalized spacial score (nSPS) is 24.2. The van der Waals surface area contributed by atoms with Crippen molar-refractivity contribution >= 4 is 28.9 Å². The SMILES string of the molecule is Cc1cc(C)cc(NC(=S)N2CCC3(CCN(C(=O)C4C(C)(C)C4(C)C)C3)CC2)c1. The second-order valence-electron chi connectivity index (χ2n) is 11.2. The average molecular weight is 428 g/mol. The number of nitrogens with one attached hydrogen (secondary N) is 1. The molecule has 1 aromatic rings. The number of carbonyl (C=O) groups is 1. The van der Waals surface area contributed by atoms with Gasteiger partial charge in [-0.3, -0.25) is 4.79 Å². The lowest BCUT2D eigenvalue weighted by Crippen LogP contribution is -2.46. The lowest BCUT2D eigenvalue weighted by atomic mass is 9.78. The fourth-order valence-corrected chi connectivity index (χ4v) is 6.26. The van der Waals surface area contributed by atoms with Crippen LogP contribution in [0.3, 0.4) is 0 Å². The highest BCUT2D eigenvalue weighted by atomic mass is 32.1. The molecule has 1 aromatic carbocycles. The highest BCUT2D eigenvalue weighted by molar-refractivity contribution is 7.80. The van der Waals surface area contributed by atoms with Crippen LogP contribution in [-0.4, -0.2) is 47.0 Å². The quantitative estimate of drug-likeness (QED) is 0.674. The van der Waals surface area contributed by atoms with Gasteiger partial charge in [-0.2, -0.15) is 0 Å². The summed E-state index contributed by atoms with van der Waals surface area (Å²) in [6, 6.07) is 6.47. The van der Waals surface area contributed by atoms with Gasteiger partial charge in [-0.25, -0.2) is 0 Å². The Hall–Kier alpha value is -1.62. The molecule has 0 bridgehead atoms. The average Bonchev–Trinajstić information content (AvgIpc) is 2.92. The lowest BCUT2D eigenvalue weighted by Gasteiger charge is -2.40. The van der Waals surface area contributed by atoms with Crippen LogP contribution < -0.4 is 5.32 Å². The van der Waals surface area contributed by atoms with Crippen molar-refractivity contribution in [1.29, 1.82) is 0 Å². The number of nitrogens with zero attached hydrogens (tertiary/aromatic N) is 2. The Kier molecular flexibility index (Phi) is 5.20. The minimum atomic E-state index is 0.120. The van der Waals surface area contributed by atoms with E-state index in [9.17, 15) is 4.79 Å². The molecule has 0 aromatic heterocycles. The van der Waals surface area contributed by atoms with E-state index in [-0.39, 0.29) is 22.2 Å². The van der Waals surface area contributed by atoms with E-state index in [1.165, 1.54) is 11.1 Å². The molecular formula is C25H37N3OS. The van der Waals surface area contributed by atoms with Crippen molar-refractivity contribution in [2.45, 2.75) is 60.8 Å². The highest BCUT2D eigenvalue weighted by Crippen LogP contribution is 2.69. The number of piperidine rings is 1. The van der Waals surface area contributed by atoms with Crippen molar-refractivity contribution in [3.8, 4) is 0 Å². The molecule has 0 unspecified atom stereocenters. The Bertz CT molecular complexity index is 833. The summed E-state index contributed by atoms with van der Waals surface area (Å²) < 4.78 is 0. The lowest BCUT2D eigenvalue weighted by molar-refractivity contribution is -0.133. The van der Waals surface area contributed by atoms with Gasteiger partial charge in [0.15, 0.2) is 5.11 Å². The zero-order chi connectivity index (χ0) is 21.9. The van der Waals surface area contributed by atoms with Crippen LogP contribution >= 0.6 is 12.2 Å². The first-order chi connectivity index (χ1) is 13.9. The second kappa shape index (κ2) is 7.22. The van der Waals surface area contributed by atoms with E-state index in [0.29, 0.717) is 5.91 Å². The minimum Gasteiger partial charge on any atom is -0.349 e. The topological polar surface area (TPSA) is 35.6 Å². The number of rotatable bonds is 2. The molecule has 30 heavy (non-hydrogen) atoms. The molecule has 1 amide bonds. The first-order valence-corrected chi connectivity index (χ1v) is 11.8. The van der Waals surface area contributed by atoms with Crippen LogP contribution in [0.4, 0.5) is 5.69 Å². The molecular weight excluding hydrogens is 390 g/mol. The first-order valence-electron chi connectivity index (χ1n) is 11.4. The fourth-order valence-electron chi connectivity index (χ4n) is 5.96. The number of hydrogen-bond donors (Lipinski definition) is 1. The van der Waals surface area contributed by atoms with Crippen molar-refractivity contribution in [2.75, 3.05) is 31.5 Å². The maximum absolute atomic E-state index is 13.2. The van der Waals surface area contributed by atoms with E-state index in [0.717, 1.165) is 56.2 Å². The molecule has 0 atom stereocenters. The predicted molar refractivity (Wildman–Crippen MR) is 128 cm³/mol. The van der Waals surface area contributed by atoms with Gasteiger partial charge in [-0.05, 0) is 84.8 Å². The minimum absolute atomic E-state index is 0.120. The maximum Gasteiger partial charge on any atom is 0.226 e. The van der Waals surface area contributed by atoms with Crippen LogP contribution in [0.15, 0.2) is 18.2 Å². The van der Waals surface area contributed by atoms with E-state index in [1.54, 1.807) is 0 Å². The number of anilines is 1. The number of thiocarbonyl (C=S) groups is 1. The van der Waals surface area contributed by atoms with E-state index in [2.05, 4.69) is 74.9 Å². The molecule has 5 heteroatoms. The summed E-state index contributed by atoms with van der Waals surface area (Å²) in [4.78, 5) is 17.7. The summed E-state index contributed by atoms with van der Waals surface area (Å²) in [6.07, 6.45) is 3.36. The van der Waals surface area contributed by atoms with E-state index >= 15 is 0 Å².